The molecular weight excluding hydrogens is 248 g/mol. The van der Waals surface area contributed by atoms with E-state index >= 15 is 0 Å². The quantitative estimate of drug-likeness (QED) is 0.743. The molecule has 3 atom stereocenters. The van der Waals surface area contributed by atoms with Crippen molar-refractivity contribution in [2.24, 2.45) is 11.7 Å². The van der Waals surface area contributed by atoms with Gasteiger partial charge >= 0.3 is 0 Å². The Morgan fingerprint density at radius 1 is 1.32 bits per heavy atom. The molecule has 1 saturated carbocycles. The zero-order valence-electron chi connectivity index (χ0n) is 10.9. The minimum atomic E-state index is -0.763. The predicted molar refractivity (Wildman–Crippen MR) is 67.1 cm³/mol. The van der Waals surface area contributed by atoms with Crippen LogP contribution in [0.4, 0.5) is 0 Å². The standard InChI is InChI=1S/C13H20N2O4/c14-12(17)11(8-3-1-4-9(16)7-8)15-13(18)10-5-2-6-19-10/h8,10-11H,1-7H2,(H2,14,17)(H,15,18)/t8-,10+,11+/m1/s1. The zero-order chi connectivity index (χ0) is 13.8. The van der Waals surface area contributed by atoms with Crippen LogP contribution in [0.15, 0.2) is 0 Å². The van der Waals surface area contributed by atoms with Gasteiger partial charge < -0.3 is 15.8 Å². The largest absolute Gasteiger partial charge is 0.368 e. The van der Waals surface area contributed by atoms with Crippen molar-refractivity contribution in [2.75, 3.05) is 6.61 Å². The van der Waals surface area contributed by atoms with Crippen molar-refractivity contribution in [3.05, 3.63) is 0 Å². The molecule has 1 saturated heterocycles. The van der Waals surface area contributed by atoms with Crippen LogP contribution < -0.4 is 11.1 Å². The Balaban J connectivity index is 1.97. The molecule has 19 heavy (non-hydrogen) atoms. The number of ketones is 1. The van der Waals surface area contributed by atoms with Crippen molar-refractivity contribution < 1.29 is 19.1 Å². The first-order chi connectivity index (χ1) is 9.08. The molecular formula is C13H20N2O4. The van der Waals surface area contributed by atoms with Gasteiger partial charge in [0, 0.05) is 19.4 Å². The van der Waals surface area contributed by atoms with Crippen molar-refractivity contribution >= 4 is 17.6 Å². The number of primary amides is 1. The SMILES string of the molecule is NC(=O)[C@@H](NC(=O)[C@@H]1CCCO1)[C@@H]1CCCC(=O)C1. The van der Waals surface area contributed by atoms with E-state index in [1.807, 2.05) is 0 Å². The summed E-state index contributed by atoms with van der Waals surface area (Å²) in [6, 6.07) is -0.763. The van der Waals surface area contributed by atoms with Gasteiger partial charge in [-0.1, -0.05) is 0 Å². The molecule has 106 valence electrons. The predicted octanol–water partition coefficient (Wildman–Crippen LogP) is -0.105. The first-order valence-corrected chi connectivity index (χ1v) is 6.81. The lowest BCUT2D eigenvalue weighted by Crippen LogP contribution is -2.52. The number of amides is 2. The Labute approximate surface area is 112 Å². The van der Waals surface area contributed by atoms with E-state index in [-0.39, 0.29) is 17.6 Å². The number of hydrogen-bond acceptors (Lipinski definition) is 4. The van der Waals surface area contributed by atoms with Gasteiger partial charge in [-0.25, -0.2) is 0 Å². The van der Waals surface area contributed by atoms with Gasteiger partial charge in [0.25, 0.3) is 0 Å². The number of carbonyl (C=O) groups excluding carboxylic acids is 3. The molecule has 3 N–H and O–H groups in total. The second-order valence-electron chi connectivity index (χ2n) is 5.29. The Morgan fingerprint density at radius 3 is 2.68 bits per heavy atom. The first-order valence-electron chi connectivity index (χ1n) is 6.81. The minimum absolute atomic E-state index is 0.133. The molecule has 6 heteroatoms. The molecule has 2 rings (SSSR count). The van der Waals surface area contributed by atoms with Crippen LogP contribution in [0.3, 0.4) is 0 Å². The van der Waals surface area contributed by atoms with Crippen molar-refractivity contribution in [1.29, 1.82) is 0 Å². The number of rotatable bonds is 4. The molecule has 0 aromatic carbocycles. The van der Waals surface area contributed by atoms with Crippen molar-refractivity contribution in [1.82, 2.24) is 5.32 Å². The zero-order valence-corrected chi connectivity index (χ0v) is 10.9. The maximum Gasteiger partial charge on any atom is 0.249 e. The highest BCUT2D eigenvalue weighted by molar-refractivity contribution is 5.89. The monoisotopic (exact) mass is 268 g/mol. The van der Waals surface area contributed by atoms with E-state index in [2.05, 4.69) is 5.32 Å². The smallest absolute Gasteiger partial charge is 0.249 e. The fraction of sp³-hybridized carbons (Fsp3) is 0.769. The Morgan fingerprint density at radius 2 is 2.11 bits per heavy atom. The average molecular weight is 268 g/mol. The lowest BCUT2D eigenvalue weighted by Gasteiger charge is -2.28. The summed E-state index contributed by atoms with van der Waals surface area (Å²) in [5, 5.41) is 2.66. The topological polar surface area (TPSA) is 98.5 Å². The number of Topliss-reactive ketones (excluding diaryl/α,β-unsaturated/α-hetero) is 1. The van der Waals surface area contributed by atoms with Crippen LogP contribution in [0.1, 0.15) is 38.5 Å². The maximum absolute atomic E-state index is 12.0. The molecule has 0 aromatic heterocycles. The van der Waals surface area contributed by atoms with Crippen LogP contribution in [-0.2, 0) is 19.1 Å². The highest BCUT2D eigenvalue weighted by Gasteiger charge is 2.34. The molecule has 0 spiro atoms. The third-order valence-corrected chi connectivity index (χ3v) is 3.82. The van der Waals surface area contributed by atoms with Crippen LogP contribution in [-0.4, -0.2) is 36.4 Å². The second-order valence-corrected chi connectivity index (χ2v) is 5.29. The normalized spacial score (nSPS) is 28.9. The molecule has 1 aliphatic carbocycles. The van der Waals surface area contributed by atoms with Crippen LogP contribution >= 0.6 is 0 Å². The van der Waals surface area contributed by atoms with E-state index in [0.29, 0.717) is 25.9 Å². The fourth-order valence-corrected chi connectivity index (χ4v) is 2.79. The number of hydrogen-bond donors (Lipinski definition) is 2. The van der Waals surface area contributed by atoms with Crippen molar-refractivity contribution in [3.8, 4) is 0 Å². The molecule has 2 amide bonds. The van der Waals surface area contributed by atoms with E-state index in [9.17, 15) is 14.4 Å². The molecule has 0 unspecified atom stereocenters. The number of nitrogens with two attached hydrogens (primary N) is 1. The van der Waals surface area contributed by atoms with Crippen LogP contribution in [0, 0.1) is 5.92 Å². The summed E-state index contributed by atoms with van der Waals surface area (Å²) < 4.78 is 5.27. The molecule has 0 aromatic rings. The van der Waals surface area contributed by atoms with Gasteiger partial charge in [-0.05, 0) is 31.6 Å². The molecule has 6 nitrogen and oxygen atoms in total. The number of ether oxygens (including phenoxy) is 1. The van der Waals surface area contributed by atoms with E-state index < -0.39 is 18.1 Å². The summed E-state index contributed by atoms with van der Waals surface area (Å²) in [7, 11) is 0. The Hall–Kier alpha value is -1.43. The third kappa shape index (κ3) is 3.53. The van der Waals surface area contributed by atoms with Crippen LogP contribution in [0.2, 0.25) is 0 Å². The summed E-state index contributed by atoms with van der Waals surface area (Å²) in [5.41, 5.74) is 5.35. The van der Waals surface area contributed by atoms with E-state index in [0.717, 1.165) is 19.3 Å². The van der Waals surface area contributed by atoms with Gasteiger partial charge in [-0.15, -0.1) is 0 Å². The third-order valence-electron chi connectivity index (χ3n) is 3.82. The van der Waals surface area contributed by atoms with E-state index in [4.69, 9.17) is 10.5 Å². The molecule has 1 aliphatic heterocycles. The minimum Gasteiger partial charge on any atom is -0.368 e. The summed E-state index contributed by atoms with van der Waals surface area (Å²) in [5.74, 6) is -0.914. The van der Waals surface area contributed by atoms with Gasteiger partial charge in [0.2, 0.25) is 11.8 Å². The second kappa shape index (κ2) is 6.14. The first kappa shape index (κ1) is 14.0. The van der Waals surface area contributed by atoms with Gasteiger partial charge in [-0.3, -0.25) is 14.4 Å². The lowest BCUT2D eigenvalue weighted by atomic mass is 9.82. The van der Waals surface area contributed by atoms with Crippen LogP contribution in [0.25, 0.3) is 0 Å². The summed E-state index contributed by atoms with van der Waals surface area (Å²) in [4.78, 5) is 34.9. The summed E-state index contributed by atoms with van der Waals surface area (Å²) >= 11 is 0. The Bertz CT molecular complexity index is 377. The highest BCUT2D eigenvalue weighted by Crippen LogP contribution is 2.24. The van der Waals surface area contributed by atoms with Gasteiger partial charge in [-0.2, -0.15) is 0 Å². The number of carbonyl (C=O) groups is 3. The highest BCUT2D eigenvalue weighted by atomic mass is 16.5. The van der Waals surface area contributed by atoms with Gasteiger partial charge in [0.15, 0.2) is 0 Å². The van der Waals surface area contributed by atoms with E-state index in [1.165, 1.54) is 0 Å². The maximum atomic E-state index is 12.0. The Kier molecular flexibility index (Phi) is 4.52. The molecule has 0 radical (unpaired) electrons. The summed E-state index contributed by atoms with van der Waals surface area (Å²) in [6.07, 6.45) is 3.40. The summed E-state index contributed by atoms with van der Waals surface area (Å²) in [6.45, 7) is 0.571. The average Bonchev–Trinajstić information content (AvgIpc) is 2.89. The molecule has 1 heterocycles. The van der Waals surface area contributed by atoms with Crippen molar-refractivity contribution in [3.63, 3.8) is 0 Å². The van der Waals surface area contributed by atoms with Gasteiger partial charge in [0.1, 0.15) is 17.9 Å². The number of nitrogens with one attached hydrogen (secondary N) is 1. The molecule has 2 fully saturated rings. The lowest BCUT2D eigenvalue weighted by molar-refractivity contribution is -0.135. The van der Waals surface area contributed by atoms with Gasteiger partial charge in [0.05, 0.1) is 0 Å². The van der Waals surface area contributed by atoms with E-state index in [1.54, 1.807) is 0 Å². The molecule has 2 aliphatic rings. The molecule has 0 bridgehead atoms. The fourth-order valence-electron chi connectivity index (χ4n) is 2.79. The van der Waals surface area contributed by atoms with Crippen molar-refractivity contribution in [2.45, 2.75) is 50.7 Å². The van der Waals surface area contributed by atoms with Crippen LogP contribution in [0.5, 0.6) is 0 Å².